The van der Waals surface area contributed by atoms with Crippen molar-refractivity contribution >= 4 is 17.8 Å². The summed E-state index contributed by atoms with van der Waals surface area (Å²) in [6.07, 6.45) is 2.26. The van der Waals surface area contributed by atoms with Gasteiger partial charge in [0.2, 0.25) is 11.8 Å². The molecule has 7 nitrogen and oxygen atoms in total. The van der Waals surface area contributed by atoms with Crippen molar-refractivity contribution in [3.05, 3.63) is 17.0 Å². The number of urea groups is 1. The van der Waals surface area contributed by atoms with Gasteiger partial charge in [0, 0.05) is 13.5 Å². The summed E-state index contributed by atoms with van der Waals surface area (Å²) in [5.74, 6) is -0.671. The number of nitrogens with zero attached hydrogens (tertiary/aromatic N) is 2. The number of carbonyl (C=O) groups is 3. The fraction of sp³-hybridized carbons (Fsp3) is 0.545. The maximum Gasteiger partial charge on any atom is 1.00 e. The molecule has 4 amide bonds. The van der Waals surface area contributed by atoms with Gasteiger partial charge in [-0.05, 0) is 19.0 Å². The van der Waals surface area contributed by atoms with Crippen molar-refractivity contribution in [3.63, 3.8) is 0 Å². The first kappa shape index (κ1) is 16.0. The number of fused-ring (bicyclic) bond motifs is 2. The van der Waals surface area contributed by atoms with Gasteiger partial charge < -0.3 is 21.3 Å². The second-order valence-corrected chi connectivity index (χ2v) is 4.40. The van der Waals surface area contributed by atoms with E-state index >= 15 is 0 Å². The Kier molecular flexibility index (Phi) is 5.39. The van der Waals surface area contributed by atoms with Crippen LogP contribution in [0.15, 0.2) is 11.6 Å². The van der Waals surface area contributed by atoms with Crippen molar-refractivity contribution in [1.82, 2.24) is 10.2 Å². The molecule has 0 aromatic heterocycles. The van der Waals surface area contributed by atoms with E-state index in [-0.39, 0.29) is 41.5 Å². The van der Waals surface area contributed by atoms with E-state index in [0.29, 0.717) is 19.5 Å². The molecule has 2 heterocycles. The fourth-order valence-electron chi connectivity index (χ4n) is 2.22. The molecule has 19 heavy (non-hydrogen) atoms. The van der Waals surface area contributed by atoms with Crippen LogP contribution in [0.3, 0.4) is 0 Å². The number of rotatable bonds is 4. The number of nitrogens with one attached hydrogen (secondary N) is 1. The van der Waals surface area contributed by atoms with E-state index in [1.165, 1.54) is 11.8 Å². The predicted octanol–water partition coefficient (Wildman–Crippen LogP) is -3.51. The molecule has 0 radical (unpaired) electrons. The fourth-order valence-corrected chi connectivity index (χ4v) is 2.22. The van der Waals surface area contributed by atoms with Gasteiger partial charge in [-0.1, -0.05) is 11.6 Å². The van der Waals surface area contributed by atoms with Crippen LogP contribution in [0.25, 0.3) is 5.32 Å². The third-order valence-corrected chi connectivity index (χ3v) is 3.10. The van der Waals surface area contributed by atoms with Crippen LogP contribution in [-0.2, 0) is 9.59 Å². The van der Waals surface area contributed by atoms with Crippen LogP contribution < -0.4 is 40.6 Å². The molecule has 1 saturated heterocycles. The Labute approximate surface area is 133 Å². The Bertz CT molecular complexity index is 438. The average Bonchev–Trinajstić information content (AvgIpc) is 2.59. The van der Waals surface area contributed by atoms with Crippen LogP contribution in [0.4, 0.5) is 4.79 Å². The zero-order valence-corrected chi connectivity index (χ0v) is 13.0. The van der Waals surface area contributed by atoms with Crippen molar-refractivity contribution in [1.29, 1.82) is 0 Å². The molecular formula is C11H15N4NaO3. The summed E-state index contributed by atoms with van der Waals surface area (Å²) >= 11 is 0. The first-order chi connectivity index (χ1) is 8.49. The van der Waals surface area contributed by atoms with E-state index in [4.69, 9.17) is 5.73 Å². The molecule has 3 N–H and O–H groups in total. The van der Waals surface area contributed by atoms with Gasteiger partial charge in [0.05, 0.1) is 6.04 Å². The molecule has 0 spiro atoms. The van der Waals surface area contributed by atoms with E-state index in [1.807, 2.05) is 0 Å². The molecule has 0 aromatic rings. The van der Waals surface area contributed by atoms with Gasteiger partial charge in [-0.15, -0.1) is 0 Å². The van der Waals surface area contributed by atoms with E-state index in [2.05, 4.69) is 10.6 Å². The number of amides is 4. The minimum atomic E-state index is -0.715. The summed E-state index contributed by atoms with van der Waals surface area (Å²) in [7, 11) is 0. The molecule has 0 aromatic carbocycles. The van der Waals surface area contributed by atoms with Crippen LogP contribution in [0, 0.1) is 0 Å². The SMILES string of the molecule is CC(=O)NCCC1=C[C@@H](C(N)=O)N2C[C@@H]1[N-]C2=O.[Na+]. The van der Waals surface area contributed by atoms with E-state index in [0.717, 1.165) is 5.57 Å². The Morgan fingerprint density at radius 2 is 2.26 bits per heavy atom. The molecule has 98 valence electrons. The molecular weight excluding hydrogens is 259 g/mol. The first-order valence-corrected chi connectivity index (χ1v) is 5.75. The summed E-state index contributed by atoms with van der Waals surface area (Å²) in [4.78, 5) is 35.0. The standard InChI is InChI=1S/C11H16N4O3.Na/c1-6(16)13-3-2-7-4-9(10(12)17)15-5-8(7)14-11(15)18;/h4,8-9H,2-3,5H2,1H3,(H4,12,13,14,16,17,18);/q;+1/p-1/t8-,9-;/m0./s1. The minimum Gasteiger partial charge on any atom is -0.423 e. The van der Waals surface area contributed by atoms with Crippen molar-refractivity contribution in [2.24, 2.45) is 5.73 Å². The van der Waals surface area contributed by atoms with Gasteiger partial charge in [0.25, 0.3) is 0 Å². The number of hydrogen-bond donors (Lipinski definition) is 2. The summed E-state index contributed by atoms with van der Waals surface area (Å²) < 4.78 is 0. The van der Waals surface area contributed by atoms with Crippen LogP contribution in [-0.4, -0.2) is 47.9 Å². The second kappa shape index (κ2) is 6.40. The van der Waals surface area contributed by atoms with Crippen molar-refractivity contribution in [3.8, 4) is 0 Å². The molecule has 2 aliphatic rings. The topological polar surface area (TPSA) is 107 Å². The Morgan fingerprint density at radius 1 is 1.58 bits per heavy atom. The summed E-state index contributed by atoms with van der Waals surface area (Å²) in [6, 6.07) is -1.32. The Balaban J connectivity index is 0.00000180. The van der Waals surface area contributed by atoms with Gasteiger partial charge >= 0.3 is 29.6 Å². The van der Waals surface area contributed by atoms with E-state index < -0.39 is 18.0 Å². The van der Waals surface area contributed by atoms with Crippen molar-refractivity contribution in [2.45, 2.75) is 25.4 Å². The quantitative estimate of drug-likeness (QED) is 0.410. The van der Waals surface area contributed by atoms with Gasteiger partial charge in [0.15, 0.2) is 6.03 Å². The largest absolute Gasteiger partial charge is 1.00 e. The third-order valence-electron chi connectivity index (χ3n) is 3.10. The molecule has 2 rings (SSSR count). The maximum atomic E-state index is 11.5. The second-order valence-electron chi connectivity index (χ2n) is 4.40. The number of carbonyl (C=O) groups excluding carboxylic acids is 3. The molecule has 0 aliphatic carbocycles. The zero-order valence-electron chi connectivity index (χ0n) is 11.0. The third kappa shape index (κ3) is 3.49. The average molecular weight is 274 g/mol. The van der Waals surface area contributed by atoms with Crippen LogP contribution in [0.1, 0.15) is 13.3 Å². The van der Waals surface area contributed by atoms with Crippen molar-refractivity contribution < 1.29 is 43.9 Å². The van der Waals surface area contributed by atoms with Gasteiger partial charge in [-0.3, -0.25) is 14.4 Å². The maximum absolute atomic E-state index is 11.5. The number of nitrogens with two attached hydrogens (primary N) is 1. The monoisotopic (exact) mass is 274 g/mol. The summed E-state index contributed by atoms with van der Waals surface area (Å²) in [6.45, 7) is 2.30. The molecule has 2 aliphatic heterocycles. The van der Waals surface area contributed by atoms with E-state index in [9.17, 15) is 14.4 Å². The van der Waals surface area contributed by atoms with Crippen molar-refractivity contribution in [2.75, 3.05) is 13.1 Å². The first-order valence-electron chi connectivity index (χ1n) is 5.75. The van der Waals surface area contributed by atoms with Crippen LogP contribution in [0.5, 0.6) is 0 Å². The summed E-state index contributed by atoms with van der Waals surface area (Å²) in [5.41, 5.74) is 6.15. The minimum absolute atomic E-state index is 0. The van der Waals surface area contributed by atoms with Gasteiger partial charge in [0.1, 0.15) is 0 Å². The van der Waals surface area contributed by atoms with Gasteiger partial charge in [-0.25, -0.2) is 0 Å². The molecule has 2 atom stereocenters. The molecule has 0 saturated carbocycles. The van der Waals surface area contributed by atoms with E-state index in [1.54, 1.807) is 6.08 Å². The van der Waals surface area contributed by atoms with Crippen LogP contribution >= 0.6 is 0 Å². The molecule has 1 fully saturated rings. The number of primary amides is 1. The molecule has 0 unspecified atom stereocenters. The van der Waals surface area contributed by atoms with Gasteiger partial charge in [-0.2, -0.15) is 0 Å². The van der Waals surface area contributed by atoms with Crippen LogP contribution in [0.2, 0.25) is 0 Å². The smallest absolute Gasteiger partial charge is 0.423 e. The summed E-state index contributed by atoms with van der Waals surface area (Å²) in [5, 5.41) is 6.63. The normalized spacial score (nSPS) is 24.2. The number of hydrogen-bond acceptors (Lipinski definition) is 3. The zero-order chi connectivity index (χ0) is 13.3. The molecule has 8 heteroatoms. The Morgan fingerprint density at radius 3 is 2.84 bits per heavy atom. The molecule has 2 bridgehead atoms. The Hall–Kier alpha value is -1.05. The predicted molar refractivity (Wildman–Crippen MR) is 63.6 cm³/mol.